The number of fused-ring (bicyclic) bond motifs is 1. The van der Waals surface area contributed by atoms with Gasteiger partial charge in [-0.25, -0.2) is 0 Å². The molecule has 0 amide bonds. The van der Waals surface area contributed by atoms with Gasteiger partial charge in [0.15, 0.2) is 5.41 Å². The molecule has 1 aromatic carbocycles. The molecule has 0 saturated heterocycles. The number of hydrogen-bond donors (Lipinski definition) is 1. The molecule has 1 saturated carbocycles. The number of hydrogen-bond acceptors (Lipinski definition) is 4. The molecule has 25 heavy (non-hydrogen) atoms. The summed E-state index contributed by atoms with van der Waals surface area (Å²) in [5.74, 6) is -1.18. The third-order valence-corrected chi connectivity index (χ3v) is 5.73. The molecule has 3 rings (SSSR count). The van der Waals surface area contributed by atoms with Gasteiger partial charge in [0.2, 0.25) is 0 Å². The van der Waals surface area contributed by atoms with Gasteiger partial charge in [-0.3, -0.25) is 0 Å². The largest absolute Gasteiger partial charge is 0.305 e. The Morgan fingerprint density at radius 3 is 2.20 bits per heavy atom. The van der Waals surface area contributed by atoms with Gasteiger partial charge in [0.1, 0.15) is 5.92 Å². The van der Waals surface area contributed by atoms with E-state index in [-0.39, 0.29) is 11.6 Å². The minimum Gasteiger partial charge on any atom is -0.305 e. The van der Waals surface area contributed by atoms with Crippen LogP contribution in [0.2, 0.25) is 0 Å². The summed E-state index contributed by atoms with van der Waals surface area (Å²) in [4.78, 5) is 0. The number of allylic oxidation sites excluding steroid dienone is 2. The van der Waals surface area contributed by atoms with Gasteiger partial charge in [-0.1, -0.05) is 23.8 Å². The summed E-state index contributed by atoms with van der Waals surface area (Å²) in [7, 11) is 0. The van der Waals surface area contributed by atoms with Crippen molar-refractivity contribution in [3.8, 4) is 18.2 Å². The van der Waals surface area contributed by atoms with Gasteiger partial charge in [0.25, 0.3) is 0 Å². The highest BCUT2D eigenvalue weighted by Gasteiger charge is 2.58. The second kappa shape index (κ2) is 5.87. The standard InChI is InChI=1S/C21H20N4/c1-12-7-13(2)18(14(3)8-12)19-16-6-4-5-15(16)17(9-22)20(25)21(19,10-23)11-24/h5,7-8,16-17,19,25H,4,6H2,1-3H3/t16-,17+,19-/m1/s1. The van der Waals surface area contributed by atoms with Crippen LogP contribution in [0.15, 0.2) is 23.8 Å². The van der Waals surface area contributed by atoms with Crippen molar-refractivity contribution in [3.05, 3.63) is 46.0 Å². The van der Waals surface area contributed by atoms with Gasteiger partial charge in [0, 0.05) is 5.92 Å². The first-order chi connectivity index (χ1) is 11.9. The number of benzene rings is 1. The van der Waals surface area contributed by atoms with E-state index >= 15 is 0 Å². The van der Waals surface area contributed by atoms with Crippen LogP contribution in [-0.2, 0) is 0 Å². The molecule has 1 N–H and O–H groups in total. The topological polar surface area (TPSA) is 95.2 Å². The maximum Gasteiger partial charge on any atom is 0.189 e. The third-order valence-electron chi connectivity index (χ3n) is 5.73. The van der Waals surface area contributed by atoms with E-state index in [1.807, 2.05) is 26.8 Å². The molecule has 4 heteroatoms. The molecule has 0 heterocycles. The molecule has 4 nitrogen and oxygen atoms in total. The zero-order chi connectivity index (χ0) is 18.4. The maximum atomic E-state index is 9.97. The van der Waals surface area contributed by atoms with Crippen molar-refractivity contribution in [2.75, 3.05) is 0 Å². The molecule has 0 bridgehead atoms. The summed E-state index contributed by atoms with van der Waals surface area (Å²) in [6.45, 7) is 6.04. The Bertz CT molecular complexity index is 880. The van der Waals surface area contributed by atoms with Crippen molar-refractivity contribution in [2.45, 2.75) is 39.5 Å². The minimum absolute atomic E-state index is 0.0295. The monoisotopic (exact) mass is 328 g/mol. The second-order valence-corrected chi connectivity index (χ2v) is 7.19. The SMILES string of the molecule is Cc1cc(C)c([C@H]2[C@@H]3CCC=C3[C@H](C#N)C(=N)C2(C#N)C#N)c(C)c1. The van der Waals surface area contributed by atoms with Crippen LogP contribution in [0.25, 0.3) is 0 Å². The van der Waals surface area contributed by atoms with Gasteiger partial charge in [-0.05, 0) is 61.8 Å². The van der Waals surface area contributed by atoms with E-state index in [9.17, 15) is 15.8 Å². The summed E-state index contributed by atoms with van der Waals surface area (Å²) in [6.07, 6.45) is 3.69. The molecule has 1 aromatic rings. The summed E-state index contributed by atoms with van der Waals surface area (Å²) < 4.78 is 0. The predicted molar refractivity (Wildman–Crippen MR) is 94.7 cm³/mol. The lowest BCUT2D eigenvalue weighted by atomic mass is 9.54. The molecule has 124 valence electrons. The molecular weight excluding hydrogens is 308 g/mol. The average molecular weight is 328 g/mol. The highest BCUT2D eigenvalue weighted by Crippen LogP contribution is 2.56. The van der Waals surface area contributed by atoms with E-state index in [2.05, 4.69) is 30.3 Å². The Morgan fingerprint density at radius 2 is 1.68 bits per heavy atom. The minimum atomic E-state index is -1.59. The quantitative estimate of drug-likeness (QED) is 0.781. The van der Waals surface area contributed by atoms with Crippen molar-refractivity contribution in [1.29, 1.82) is 21.2 Å². The first-order valence-corrected chi connectivity index (χ1v) is 8.50. The maximum absolute atomic E-state index is 9.97. The molecule has 3 atom stereocenters. The smallest absolute Gasteiger partial charge is 0.189 e. The number of nitrogens with zero attached hydrogens (tertiary/aromatic N) is 3. The number of rotatable bonds is 1. The van der Waals surface area contributed by atoms with E-state index in [0.29, 0.717) is 0 Å². The first-order valence-electron chi connectivity index (χ1n) is 8.50. The second-order valence-electron chi connectivity index (χ2n) is 7.19. The summed E-state index contributed by atoms with van der Waals surface area (Å²) in [5.41, 5.74) is 3.51. The van der Waals surface area contributed by atoms with Crippen LogP contribution < -0.4 is 0 Å². The first kappa shape index (κ1) is 16.9. The van der Waals surface area contributed by atoms with E-state index in [1.54, 1.807) is 0 Å². The highest BCUT2D eigenvalue weighted by atomic mass is 14.7. The molecule has 0 aliphatic heterocycles. The normalized spacial score (nSPS) is 26.8. The van der Waals surface area contributed by atoms with Crippen molar-refractivity contribution < 1.29 is 0 Å². The fraction of sp³-hybridized carbons (Fsp3) is 0.429. The van der Waals surface area contributed by atoms with Gasteiger partial charge < -0.3 is 5.41 Å². The van der Waals surface area contributed by atoms with E-state index in [0.717, 1.165) is 40.7 Å². The lowest BCUT2D eigenvalue weighted by molar-refractivity contribution is 0.352. The molecule has 2 aliphatic rings. The molecule has 1 fully saturated rings. The van der Waals surface area contributed by atoms with Gasteiger partial charge in [-0.15, -0.1) is 0 Å². The third kappa shape index (κ3) is 2.20. The number of nitriles is 3. The Morgan fingerprint density at radius 1 is 1.08 bits per heavy atom. The van der Waals surface area contributed by atoms with E-state index in [1.165, 1.54) is 0 Å². The lowest BCUT2D eigenvalue weighted by Gasteiger charge is -2.43. The zero-order valence-corrected chi connectivity index (χ0v) is 14.7. The van der Waals surface area contributed by atoms with Crippen LogP contribution in [0, 0.1) is 77.4 Å². The Balaban J connectivity index is 2.33. The highest BCUT2D eigenvalue weighted by molar-refractivity contribution is 6.01. The van der Waals surface area contributed by atoms with Crippen LogP contribution >= 0.6 is 0 Å². The molecule has 0 aromatic heterocycles. The molecule has 0 radical (unpaired) electrons. The summed E-state index contributed by atoms with van der Waals surface area (Å²) in [5, 5.41) is 38.1. The lowest BCUT2D eigenvalue weighted by Crippen LogP contribution is -2.47. The van der Waals surface area contributed by atoms with Crippen LogP contribution in [-0.4, -0.2) is 5.71 Å². The molecular formula is C21H20N4. The van der Waals surface area contributed by atoms with Crippen LogP contribution in [0.5, 0.6) is 0 Å². The summed E-state index contributed by atoms with van der Waals surface area (Å²) >= 11 is 0. The Kier molecular flexibility index (Phi) is 3.98. The van der Waals surface area contributed by atoms with Crippen LogP contribution in [0.3, 0.4) is 0 Å². The number of aryl methyl sites for hydroxylation is 3. The summed E-state index contributed by atoms with van der Waals surface area (Å²) in [6, 6.07) is 10.6. The predicted octanol–water partition coefficient (Wildman–Crippen LogP) is 4.24. The molecule has 0 unspecified atom stereocenters. The van der Waals surface area contributed by atoms with Crippen LogP contribution in [0.4, 0.5) is 0 Å². The fourth-order valence-corrected chi connectivity index (χ4v) is 4.83. The van der Waals surface area contributed by atoms with Crippen molar-refractivity contribution in [1.82, 2.24) is 0 Å². The van der Waals surface area contributed by atoms with Crippen molar-refractivity contribution in [2.24, 2.45) is 17.3 Å². The Labute approximate surface area is 148 Å². The average Bonchev–Trinajstić information content (AvgIpc) is 3.03. The van der Waals surface area contributed by atoms with Gasteiger partial charge >= 0.3 is 0 Å². The van der Waals surface area contributed by atoms with Gasteiger partial charge in [-0.2, -0.15) is 15.8 Å². The van der Waals surface area contributed by atoms with E-state index < -0.39 is 17.3 Å². The Hall–Kier alpha value is -2.90. The van der Waals surface area contributed by atoms with Crippen molar-refractivity contribution in [3.63, 3.8) is 0 Å². The van der Waals surface area contributed by atoms with Crippen molar-refractivity contribution >= 4 is 5.71 Å². The molecule has 0 spiro atoms. The number of nitrogens with one attached hydrogen (secondary N) is 1. The van der Waals surface area contributed by atoms with Gasteiger partial charge in [0.05, 0.1) is 23.9 Å². The fourth-order valence-electron chi connectivity index (χ4n) is 4.83. The van der Waals surface area contributed by atoms with Crippen LogP contribution in [0.1, 0.15) is 41.0 Å². The molecule has 2 aliphatic carbocycles. The zero-order valence-electron chi connectivity index (χ0n) is 14.7. The van der Waals surface area contributed by atoms with E-state index in [4.69, 9.17) is 5.41 Å².